The maximum absolute atomic E-state index is 3.47. The van der Waals surface area contributed by atoms with Crippen LogP contribution in [-0.4, -0.2) is 20.6 Å². The predicted molar refractivity (Wildman–Crippen MR) is 79.9 cm³/mol. The monoisotopic (exact) mass is 248 g/mol. The zero-order chi connectivity index (χ0) is 13.4. The Bertz CT molecular complexity index is 318. The highest BCUT2D eigenvalue weighted by Gasteiger charge is 2.19. The summed E-state index contributed by atoms with van der Waals surface area (Å²) in [5.74, 6) is 0.636. The SMILES string of the molecule is CCCc1ccc(C(NC)C(CC)CNC)cc1. The standard InChI is InChI=1S/C16H28N2/c1-5-7-13-8-10-15(11-9-13)16(18-4)14(6-2)12-17-3/h8-11,14,16-18H,5-7,12H2,1-4H3. The highest BCUT2D eigenvalue weighted by molar-refractivity contribution is 5.25. The van der Waals surface area contributed by atoms with E-state index in [1.807, 2.05) is 7.05 Å². The summed E-state index contributed by atoms with van der Waals surface area (Å²) in [6, 6.07) is 9.55. The molecule has 0 fully saturated rings. The smallest absolute Gasteiger partial charge is 0.0358 e. The van der Waals surface area contributed by atoms with Gasteiger partial charge >= 0.3 is 0 Å². The second-order valence-corrected chi connectivity index (χ2v) is 4.98. The van der Waals surface area contributed by atoms with Crippen LogP contribution in [0.5, 0.6) is 0 Å². The fourth-order valence-corrected chi connectivity index (χ4v) is 2.61. The predicted octanol–water partition coefficient (Wildman–Crippen LogP) is 3.15. The Morgan fingerprint density at radius 3 is 2.17 bits per heavy atom. The van der Waals surface area contributed by atoms with E-state index in [-0.39, 0.29) is 0 Å². The summed E-state index contributed by atoms with van der Waals surface area (Å²) in [6.45, 7) is 5.54. The summed E-state index contributed by atoms with van der Waals surface area (Å²) in [4.78, 5) is 0. The summed E-state index contributed by atoms with van der Waals surface area (Å²) in [5, 5.41) is 6.76. The van der Waals surface area contributed by atoms with Crippen molar-refractivity contribution < 1.29 is 0 Å². The van der Waals surface area contributed by atoms with Crippen molar-refractivity contribution in [1.29, 1.82) is 0 Å². The topological polar surface area (TPSA) is 24.1 Å². The number of benzene rings is 1. The van der Waals surface area contributed by atoms with E-state index >= 15 is 0 Å². The first-order valence-corrected chi connectivity index (χ1v) is 7.17. The molecule has 18 heavy (non-hydrogen) atoms. The summed E-state index contributed by atoms with van der Waals surface area (Å²) in [6.07, 6.45) is 3.58. The van der Waals surface area contributed by atoms with Gasteiger partial charge in [-0.15, -0.1) is 0 Å². The average Bonchev–Trinajstić information content (AvgIpc) is 2.40. The van der Waals surface area contributed by atoms with E-state index in [4.69, 9.17) is 0 Å². The minimum atomic E-state index is 0.443. The summed E-state index contributed by atoms with van der Waals surface area (Å²) in [5.41, 5.74) is 2.84. The molecule has 2 atom stereocenters. The molecule has 1 aromatic carbocycles. The Labute approximate surface area is 112 Å². The van der Waals surface area contributed by atoms with Crippen LogP contribution >= 0.6 is 0 Å². The summed E-state index contributed by atoms with van der Waals surface area (Å²) in [7, 11) is 4.09. The highest BCUT2D eigenvalue weighted by Crippen LogP contribution is 2.24. The van der Waals surface area contributed by atoms with Crippen LogP contribution in [0.4, 0.5) is 0 Å². The highest BCUT2D eigenvalue weighted by atomic mass is 14.9. The molecular weight excluding hydrogens is 220 g/mol. The molecule has 2 heteroatoms. The van der Waals surface area contributed by atoms with E-state index in [0.29, 0.717) is 12.0 Å². The lowest BCUT2D eigenvalue weighted by Crippen LogP contribution is -2.31. The Morgan fingerprint density at radius 2 is 1.72 bits per heavy atom. The first-order chi connectivity index (χ1) is 8.76. The van der Waals surface area contributed by atoms with Crippen molar-refractivity contribution >= 4 is 0 Å². The lowest BCUT2D eigenvalue weighted by atomic mass is 9.90. The first-order valence-electron chi connectivity index (χ1n) is 7.17. The molecule has 2 nitrogen and oxygen atoms in total. The van der Waals surface area contributed by atoms with Gasteiger partial charge in [0.2, 0.25) is 0 Å². The van der Waals surface area contributed by atoms with Crippen LogP contribution in [0.2, 0.25) is 0 Å². The van der Waals surface area contributed by atoms with Crippen molar-refractivity contribution in [2.24, 2.45) is 5.92 Å². The Kier molecular flexibility index (Phi) is 6.99. The van der Waals surface area contributed by atoms with Gasteiger partial charge in [0.25, 0.3) is 0 Å². The van der Waals surface area contributed by atoms with Crippen molar-refractivity contribution in [2.75, 3.05) is 20.6 Å². The third-order valence-corrected chi connectivity index (χ3v) is 3.65. The second kappa shape index (κ2) is 8.28. The maximum Gasteiger partial charge on any atom is 0.0358 e. The zero-order valence-electron chi connectivity index (χ0n) is 12.3. The lowest BCUT2D eigenvalue weighted by Gasteiger charge is -2.26. The quantitative estimate of drug-likeness (QED) is 0.738. The molecule has 0 aliphatic carbocycles. The van der Waals surface area contributed by atoms with E-state index in [1.165, 1.54) is 30.4 Å². The van der Waals surface area contributed by atoms with Crippen molar-refractivity contribution in [2.45, 2.75) is 39.2 Å². The van der Waals surface area contributed by atoms with Crippen molar-refractivity contribution in [1.82, 2.24) is 10.6 Å². The lowest BCUT2D eigenvalue weighted by molar-refractivity contribution is 0.359. The molecule has 0 saturated carbocycles. The van der Waals surface area contributed by atoms with E-state index in [0.717, 1.165) is 6.54 Å². The van der Waals surface area contributed by atoms with E-state index in [9.17, 15) is 0 Å². The number of hydrogen-bond donors (Lipinski definition) is 2. The normalized spacial score (nSPS) is 14.4. The minimum absolute atomic E-state index is 0.443. The van der Waals surface area contributed by atoms with Gasteiger partial charge in [-0.05, 0) is 44.1 Å². The van der Waals surface area contributed by atoms with Gasteiger partial charge in [-0.3, -0.25) is 0 Å². The fraction of sp³-hybridized carbons (Fsp3) is 0.625. The molecule has 0 bridgehead atoms. The Balaban J connectivity index is 2.80. The van der Waals surface area contributed by atoms with Crippen LogP contribution < -0.4 is 10.6 Å². The fourth-order valence-electron chi connectivity index (χ4n) is 2.61. The summed E-state index contributed by atoms with van der Waals surface area (Å²) >= 11 is 0. The Hall–Kier alpha value is -0.860. The number of nitrogens with one attached hydrogen (secondary N) is 2. The second-order valence-electron chi connectivity index (χ2n) is 4.98. The van der Waals surface area contributed by atoms with Crippen LogP contribution in [0.15, 0.2) is 24.3 Å². The van der Waals surface area contributed by atoms with Crippen LogP contribution in [0.3, 0.4) is 0 Å². The van der Waals surface area contributed by atoms with E-state index in [1.54, 1.807) is 0 Å². The van der Waals surface area contributed by atoms with Crippen molar-refractivity contribution in [3.63, 3.8) is 0 Å². The van der Waals surface area contributed by atoms with Gasteiger partial charge in [0.15, 0.2) is 0 Å². The van der Waals surface area contributed by atoms with Gasteiger partial charge in [-0.1, -0.05) is 51.0 Å². The van der Waals surface area contributed by atoms with Crippen LogP contribution in [0, 0.1) is 5.92 Å². The molecule has 2 N–H and O–H groups in total. The van der Waals surface area contributed by atoms with Crippen molar-refractivity contribution in [3.05, 3.63) is 35.4 Å². The first kappa shape index (κ1) is 15.2. The van der Waals surface area contributed by atoms with Gasteiger partial charge in [0.1, 0.15) is 0 Å². The molecule has 2 unspecified atom stereocenters. The number of rotatable bonds is 8. The maximum atomic E-state index is 3.47. The number of hydrogen-bond acceptors (Lipinski definition) is 2. The Morgan fingerprint density at radius 1 is 1.06 bits per heavy atom. The van der Waals surface area contributed by atoms with Crippen LogP contribution in [-0.2, 0) is 6.42 Å². The molecule has 102 valence electrons. The average molecular weight is 248 g/mol. The third kappa shape index (κ3) is 4.11. The molecule has 0 radical (unpaired) electrons. The molecule has 1 aromatic rings. The molecule has 0 saturated heterocycles. The third-order valence-electron chi connectivity index (χ3n) is 3.65. The molecular formula is C16H28N2. The van der Waals surface area contributed by atoms with Gasteiger partial charge < -0.3 is 10.6 Å². The minimum Gasteiger partial charge on any atom is -0.319 e. The van der Waals surface area contributed by atoms with Gasteiger partial charge in [0.05, 0.1) is 0 Å². The van der Waals surface area contributed by atoms with E-state index in [2.05, 4.69) is 55.8 Å². The van der Waals surface area contributed by atoms with Gasteiger partial charge in [-0.25, -0.2) is 0 Å². The summed E-state index contributed by atoms with van der Waals surface area (Å²) < 4.78 is 0. The molecule has 0 spiro atoms. The van der Waals surface area contributed by atoms with Gasteiger partial charge in [0, 0.05) is 6.04 Å². The van der Waals surface area contributed by atoms with E-state index < -0.39 is 0 Å². The van der Waals surface area contributed by atoms with Crippen molar-refractivity contribution in [3.8, 4) is 0 Å². The molecule has 0 heterocycles. The van der Waals surface area contributed by atoms with Crippen LogP contribution in [0.25, 0.3) is 0 Å². The largest absolute Gasteiger partial charge is 0.319 e. The molecule has 0 aliphatic heterocycles. The van der Waals surface area contributed by atoms with Gasteiger partial charge in [-0.2, -0.15) is 0 Å². The molecule has 0 aliphatic rings. The zero-order valence-corrected chi connectivity index (χ0v) is 12.3. The molecule has 0 aromatic heterocycles. The molecule has 1 rings (SSSR count). The molecule has 0 amide bonds. The van der Waals surface area contributed by atoms with Crippen LogP contribution in [0.1, 0.15) is 43.9 Å². The number of aryl methyl sites for hydroxylation is 1.